The van der Waals surface area contributed by atoms with Crippen LogP contribution in [0, 0.1) is 0 Å². The zero-order valence-corrected chi connectivity index (χ0v) is 14.3. The van der Waals surface area contributed by atoms with E-state index in [2.05, 4.69) is 37.8 Å². The Balaban J connectivity index is 1.79. The average molecular weight is 315 g/mol. The molecule has 124 valence electrons. The van der Waals surface area contributed by atoms with Gasteiger partial charge in [0.15, 0.2) is 17.0 Å². The summed E-state index contributed by atoms with van der Waals surface area (Å²) in [5, 5.41) is 4.58. The lowest BCUT2D eigenvalue weighted by atomic mass is 9.85. The van der Waals surface area contributed by atoms with Crippen molar-refractivity contribution in [3.8, 4) is 0 Å². The predicted octanol–water partition coefficient (Wildman–Crippen LogP) is 3.19. The van der Waals surface area contributed by atoms with Crippen LogP contribution in [0.5, 0.6) is 0 Å². The van der Waals surface area contributed by atoms with Gasteiger partial charge in [0.05, 0.1) is 22.9 Å². The van der Waals surface area contributed by atoms with Crippen LogP contribution in [0.25, 0.3) is 11.2 Å². The number of nitrogens with zero attached hydrogens (tertiary/aromatic N) is 4. The first kappa shape index (κ1) is 14.9. The molecule has 6 nitrogen and oxygen atoms in total. The summed E-state index contributed by atoms with van der Waals surface area (Å²) < 4.78 is 8.19. The van der Waals surface area contributed by atoms with Gasteiger partial charge in [0, 0.05) is 12.1 Å². The number of ether oxygens (including phenoxy) is 1. The molecular formula is C17H25N5O. The first-order chi connectivity index (χ1) is 10.7. The van der Waals surface area contributed by atoms with E-state index in [0.717, 1.165) is 29.7 Å². The van der Waals surface area contributed by atoms with Crippen LogP contribution in [-0.2, 0) is 4.74 Å². The third-order valence-electron chi connectivity index (χ3n) is 4.80. The quantitative estimate of drug-likeness (QED) is 0.920. The zero-order chi connectivity index (χ0) is 16.4. The smallest absolute Gasteiger partial charge is 0.179 e. The van der Waals surface area contributed by atoms with E-state index in [-0.39, 0.29) is 17.2 Å². The van der Waals surface area contributed by atoms with Gasteiger partial charge in [-0.25, -0.2) is 14.6 Å². The summed E-state index contributed by atoms with van der Waals surface area (Å²) in [5.74, 6) is 1.04. The highest BCUT2D eigenvalue weighted by molar-refractivity contribution is 5.82. The molecule has 2 aromatic heterocycles. The Kier molecular flexibility index (Phi) is 3.01. The Labute approximate surface area is 136 Å². The fourth-order valence-electron chi connectivity index (χ4n) is 3.99. The zero-order valence-electron chi connectivity index (χ0n) is 14.3. The van der Waals surface area contributed by atoms with E-state index in [0.29, 0.717) is 11.7 Å². The van der Waals surface area contributed by atoms with Gasteiger partial charge in [0.1, 0.15) is 0 Å². The summed E-state index contributed by atoms with van der Waals surface area (Å²) in [4.78, 5) is 9.37. The van der Waals surface area contributed by atoms with Gasteiger partial charge in [-0.2, -0.15) is 5.10 Å². The van der Waals surface area contributed by atoms with Crippen molar-refractivity contribution in [3.05, 3.63) is 11.9 Å². The van der Waals surface area contributed by atoms with Crippen LogP contribution in [0.1, 0.15) is 71.0 Å². The van der Waals surface area contributed by atoms with E-state index in [9.17, 15) is 0 Å². The monoisotopic (exact) mass is 315 g/mol. The maximum Gasteiger partial charge on any atom is 0.179 e. The highest BCUT2D eigenvalue weighted by Gasteiger charge is 2.41. The molecule has 0 amide bonds. The van der Waals surface area contributed by atoms with Gasteiger partial charge in [-0.1, -0.05) is 0 Å². The average Bonchev–Trinajstić information content (AvgIpc) is 3.20. The number of fused-ring (bicyclic) bond motifs is 1. The Bertz CT molecular complexity index is 744. The second-order valence-corrected chi connectivity index (χ2v) is 8.25. The van der Waals surface area contributed by atoms with E-state index in [1.807, 2.05) is 10.9 Å². The summed E-state index contributed by atoms with van der Waals surface area (Å²) in [5.41, 5.74) is 8.32. The molecule has 0 bridgehead atoms. The highest BCUT2D eigenvalue weighted by Crippen LogP contribution is 2.43. The van der Waals surface area contributed by atoms with Crippen molar-refractivity contribution in [1.29, 1.82) is 0 Å². The Morgan fingerprint density at radius 2 is 1.83 bits per heavy atom. The molecule has 1 aliphatic heterocycles. The molecule has 2 aromatic rings. The Morgan fingerprint density at radius 1 is 1.17 bits per heavy atom. The molecule has 1 aliphatic carbocycles. The lowest BCUT2D eigenvalue weighted by Crippen LogP contribution is -2.46. The van der Waals surface area contributed by atoms with Gasteiger partial charge in [-0.15, -0.1) is 0 Å². The summed E-state index contributed by atoms with van der Waals surface area (Å²) >= 11 is 0. The third kappa shape index (κ3) is 2.69. The van der Waals surface area contributed by atoms with Crippen molar-refractivity contribution in [2.45, 2.75) is 76.5 Å². The molecular weight excluding hydrogens is 290 g/mol. The van der Waals surface area contributed by atoms with Gasteiger partial charge in [0.2, 0.25) is 0 Å². The van der Waals surface area contributed by atoms with Crippen molar-refractivity contribution in [1.82, 2.24) is 19.7 Å². The van der Waals surface area contributed by atoms with Crippen LogP contribution in [0.15, 0.2) is 6.20 Å². The lowest BCUT2D eigenvalue weighted by Gasteiger charge is -2.45. The van der Waals surface area contributed by atoms with Crippen molar-refractivity contribution >= 4 is 17.0 Å². The van der Waals surface area contributed by atoms with E-state index in [1.54, 1.807) is 0 Å². The van der Waals surface area contributed by atoms with Gasteiger partial charge in [-0.05, 0) is 53.4 Å². The molecule has 4 rings (SSSR count). The number of rotatable bonds is 2. The Hall–Kier alpha value is -1.69. The van der Waals surface area contributed by atoms with Crippen molar-refractivity contribution < 1.29 is 4.74 Å². The molecule has 0 aromatic carbocycles. The van der Waals surface area contributed by atoms with E-state index >= 15 is 0 Å². The first-order valence-electron chi connectivity index (χ1n) is 8.45. The summed E-state index contributed by atoms with van der Waals surface area (Å²) in [6.07, 6.45) is 6.06. The molecule has 3 heterocycles. The van der Waals surface area contributed by atoms with Gasteiger partial charge in [-0.3, -0.25) is 0 Å². The van der Waals surface area contributed by atoms with E-state index in [1.165, 1.54) is 12.8 Å². The third-order valence-corrected chi connectivity index (χ3v) is 4.80. The molecule has 6 heteroatoms. The topological polar surface area (TPSA) is 78.9 Å². The SMILES string of the molecule is CC1(C)CC(n2nc(N)c3ncc(C4CC4)nc32)CC(C)(C)O1. The molecule has 0 spiro atoms. The van der Waals surface area contributed by atoms with Gasteiger partial charge < -0.3 is 10.5 Å². The van der Waals surface area contributed by atoms with Crippen LogP contribution in [0.4, 0.5) is 5.82 Å². The first-order valence-corrected chi connectivity index (χ1v) is 8.45. The van der Waals surface area contributed by atoms with Gasteiger partial charge >= 0.3 is 0 Å². The molecule has 0 atom stereocenters. The van der Waals surface area contributed by atoms with Crippen LogP contribution in [0.3, 0.4) is 0 Å². The maximum atomic E-state index is 6.20. The standard InChI is InChI=1S/C17H25N5O/c1-16(2)7-11(8-17(3,4)23-16)22-15-13(14(18)21-22)19-9-12(20-15)10-5-6-10/h9-11H,5-8H2,1-4H3,(H2,18,21). The van der Waals surface area contributed by atoms with E-state index < -0.39 is 0 Å². The van der Waals surface area contributed by atoms with Gasteiger partial charge in [0.25, 0.3) is 0 Å². The molecule has 0 radical (unpaired) electrons. The molecule has 2 fully saturated rings. The number of hydrogen-bond donors (Lipinski definition) is 1. The second kappa shape index (κ2) is 4.66. The van der Waals surface area contributed by atoms with Crippen molar-refractivity contribution in [2.24, 2.45) is 0 Å². The highest BCUT2D eigenvalue weighted by atomic mass is 16.5. The molecule has 0 unspecified atom stereocenters. The lowest BCUT2D eigenvalue weighted by molar-refractivity contribution is -0.170. The summed E-state index contributed by atoms with van der Waals surface area (Å²) in [7, 11) is 0. The predicted molar refractivity (Wildman–Crippen MR) is 89.2 cm³/mol. The minimum Gasteiger partial charge on any atom is -0.380 e. The second-order valence-electron chi connectivity index (χ2n) is 8.25. The van der Waals surface area contributed by atoms with Crippen LogP contribution in [0.2, 0.25) is 0 Å². The number of anilines is 1. The normalized spacial score (nSPS) is 24.2. The molecule has 2 aliphatic rings. The minimum absolute atomic E-state index is 0.193. The fraction of sp³-hybridized carbons (Fsp3) is 0.706. The molecule has 2 N–H and O–H groups in total. The largest absolute Gasteiger partial charge is 0.380 e. The van der Waals surface area contributed by atoms with E-state index in [4.69, 9.17) is 15.5 Å². The fourth-order valence-corrected chi connectivity index (χ4v) is 3.99. The Morgan fingerprint density at radius 3 is 2.43 bits per heavy atom. The molecule has 1 saturated carbocycles. The number of nitrogens with two attached hydrogens (primary N) is 1. The number of aromatic nitrogens is 4. The summed E-state index contributed by atoms with van der Waals surface area (Å²) in [6.45, 7) is 8.54. The van der Waals surface area contributed by atoms with Crippen LogP contribution < -0.4 is 5.73 Å². The summed E-state index contributed by atoms with van der Waals surface area (Å²) in [6, 6.07) is 0.220. The minimum atomic E-state index is -0.193. The van der Waals surface area contributed by atoms with Crippen LogP contribution in [-0.4, -0.2) is 31.0 Å². The number of hydrogen-bond acceptors (Lipinski definition) is 5. The van der Waals surface area contributed by atoms with Crippen molar-refractivity contribution in [2.75, 3.05) is 5.73 Å². The number of nitrogen functional groups attached to an aromatic ring is 1. The maximum absolute atomic E-state index is 6.20. The van der Waals surface area contributed by atoms with Crippen molar-refractivity contribution in [3.63, 3.8) is 0 Å². The van der Waals surface area contributed by atoms with Crippen LogP contribution >= 0.6 is 0 Å². The molecule has 1 saturated heterocycles. The molecule has 23 heavy (non-hydrogen) atoms.